The summed E-state index contributed by atoms with van der Waals surface area (Å²) in [5.74, 6) is -0.613. The number of carbonyl (C=O) groups excluding carboxylic acids is 1. The quantitative estimate of drug-likeness (QED) is 0.0280. The van der Waals surface area contributed by atoms with Crippen molar-refractivity contribution < 1.29 is 67.8 Å². The molecule has 0 aromatic heterocycles. The number of hydrogen-bond acceptors (Lipinski definition) is 21. The molecule has 0 bridgehead atoms. The Balaban J connectivity index is 1.12. The Morgan fingerprint density at radius 2 is 1.00 bits per heavy atom. The standard InChI is InChI=1S/C46H40N10O15S3/c1-24-16-29(11-14-32(24)50-51-33-15-12-30(72(59,60)61)19-42(33)73(62,63)64)49-52-34-20-39(69-3)35(21-38(34)68-2)53-54-36-22-41(71-5)37(23-40(36)70-4)55-56-44-43(74(65,66)67)18-26-17-28(10-13-31(26)45(44)57)48-46(58)25-6-8-27(47)9-7-25/h6-23,57H,47H2,1-5H3,(H,48,58)(H,59,60,61)(H,62,63,64)(H,65,66,67). The van der Waals surface area contributed by atoms with Gasteiger partial charge in [0.15, 0.2) is 5.75 Å². The van der Waals surface area contributed by atoms with Gasteiger partial charge in [0.25, 0.3) is 36.3 Å². The molecule has 382 valence electrons. The molecule has 0 spiro atoms. The minimum Gasteiger partial charge on any atom is -0.505 e. The van der Waals surface area contributed by atoms with E-state index in [2.05, 4.69) is 46.2 Å². The lowest BCUT2D eigenvalue weighted by Gasteiger charge is -2.12. The zero-order valence-electron chi connectivity index (χ0n) is 39.1. The van der Waals surface area contributed by atoms with E-state index in [0.29, 0.717) is 28.6 Å². The summed E-state index contributed by atoms with van der Waals surface area (Å²) in [5.41, 5.74) is 7.30. The van der Waals surface area contributed by atoms with Crippen LogP contribution < -0.4 is 30.0 Å². The van der Waals surface area contributed by atoms with Crippen LogP contribution in [0.3, 0.4) is 0 Å². The number of rotatable bonds is 17. The Morgan fingerprint density at radius 3 is 1.50 bits per heavy atom. The average Bonchev–Trinajstić information content (AvgIpc) is 3.35. The Kier molecular flexibility index (Phi) is 15.4. The number of carbonyl (C=O) groups is 1. The van der Waals surface area contributed by atoms with Gasteiger partial charge in [0.05, 0.1) is 44.7 Å². The first-order valence-electron chi connectivity index (χ1n) is 20.8. The Labute approximate surface area is 421 Å². The number of anilines is 2. The summed E-state index contributed by atoms with van der Waals surface area (Å²) in [5, 5.41) is 47.5. The van der Waals surface area contributed by atoms with Crippen LogP contribution in [0.1, 0.15) is 15.9 Å². The highest BCUT2D eigenvalue weighted by molar-refractivity contribution is 7.87. The smallest absolute Gasteiger partial charge is 0.296 e. The maximum atomic E-state index is 12.8. The third-order valence-corrected chi connectivity index (χ3v) is 13.1. The fraction of sp³-hybridized carbons (Fsp3) is 0.109. The van der Waals surface area contributed by atoms with Crippen molar-refractivity contribution >= 4 is 104 Å². The van der Waals surface area contributed by atoms with Crippen molar-refractivity contribution in [2.24, 2.45) is 40.9 Å². The molecule has 0 saturated heterocycles. The third-order valence-electron chi connectivity index (χ3n) is 10.5. The van der Waals surface area contributed by atoms with Crippen molar-refractivity contribution in [2.45, 2.75) is 21.6 Å². The van der Waals surface area contributed by atoms with Gasteiger partial charge in [0.1, 0.15) is 66.9 Å². The molecule has 7 N–H and O–H groups in total. The lowest BCUT2D eigenvalue weighted by molar-refractivity contribution is 0.102. The van der Waals surface area contributed by atoms with Crippen LogP contribution in [0.25, 0.3) is 10.8 Å². The maximum absolute atomic E-state index is 12.8. The summed E-state index contributed by atoms with van der Waals surface area (Å²) >= 11 is 0. The first-order chi connectivity index (χ1) is 35.0. The largest absolute Gasteiger partial charge is 0.505 e. The van der Waals surface area contributed by atoms with E-state index in [-0.39, 0.29) is 67.9 Å². The van der Waals surface area contributed by atoms with Gasteiger partial charge >= 0.3 is 0 Å². The molecule has 7 aromatic carbocycles. The number of nitrogens with two attached hydrogens (primary N) is 1. The molecule has 0 atom stereocenters. The SMILES string of the molecule is COc1cc(N=Nc2cc(OC)c(N=Nc3c(S(=O)(=O)O)cc4cc(NC(=O)c5ccc(N)cc5)ccc4c3O)cc2OC)c(OC)cc1N=Nc1ccc(N=Nc2ccc(S(=O)(=O)O)cc2S(=O)(=O)O)c(C)c1. The number of benzene rings is 7. The number of ether oxygens (including phenoxy) is 4. The zero-order valence-corrected chi connectivity index (χ0v) is 41.5. The fourth-order valence-electron chi connectivity index (χ4n) is 6.79. The van der Waals surface area contributed by atoms with Crippen LogP contribution >= 0.6 is 0 Å². The molecule has 25 nitrogen and oxygen atoms in total. The average molecular weight is 1070 g/mol. The van der Waals surface area contributed by atoms with Crippen LogP contribution in [0.15, 0.2) is 165 Å². The number of aromatic hydroxyl groups is 1. The number of nitrogens with one attached hydrogen (secondary N) is 1. The summed E-state index contributed by atoms with van der Waals surface area (Å²) < 4.78 is 124. The molecule has 0 heterocycles. The number of methoxy groups -OCH3 is 4. The number of fused-ring (bicyclic) bond motifs is 1. The summed E-state index contributed by atoms with van der Waals surface area (Å²) in [7, 11) is -9.37. The van der Waals surface area contributed by atoms with E-state index < -0.39 is 68.1 Å². The van der Waals surface area contributed by atoms with Gasteiger partial charge < -0.3 is 35.1 Å². The van der Waals surface area contributed by atoms with Gasteiger partial charge in [-0.05, 0) is 103 Å². The van der Waals surface area contributed by atoms with Gasteiger partial charge in [-0.2, -0.15) is 35.5 Å². The third kappa shape index (κ3) is 12.1. The van der Waals surface area contributed by atoms with Crippen molar-refractivity contribution in [1.82, 2.24) is 0 Å². The summed E-state index contributed by atoms with van der Waals surface area (Å²) in [6, 6.07) is 24.2. The normalized spacial score (nSPS) is 12.3. The number of azo groups is 4. The highest BCUT2D eigenvalue weighted by Crippen LogP contribution is 2.46. The van der Waals surface area contributed by atoms with Crippen LogP contribution in [0.2, 0.25) is 0 Å². The topological polar surface area (TPSA) is 374 Å². The molecule has 0 unspecified atom stereocenters. The number of nitrogens with zero attached hydrogens (tertiary/aromatic N) is 8. The number of phenols is 1. The van der Waals surface area contributed by atoms with E-state index in [1.54, 1.807) is 25.1 Å². The van der Waals surface area contributed by atoms with Crippen LogP contribution in [-0.4, -0.2) is 78.4 Å². The second-order valence-electron chi connectivity index (χ2n) is 15.3. The summed E-state index contributed by atoms with van der Waals surface area (Å²) in [6.45, 7) is 1.65. The number of hydrogen-bond donors (Lipinski definition) is 6. The fourth-order valence-corrected chi connectivity index (χ4v) is 8.68. The predicted molar refractivity (Wildman–Crippen MR) is 267 cm³/mol. The number of aryl methyl sites for hydroxylation is 1. The first-order valence-corrected chi connectivity index (χ1v) is 25.2. The van der Waals surface area contributed by atoms with Crippen molar-refractivity contribution in [3.63, 3.8) is 0 Å². The van der Waals surface area contributed by atoms with Crippen LogP contribution in [-0.2, 0) is 30.4 Å². The highest BCUT2D eigenvalue weighted by atomic mass is 32.2. The minimum absolute atomic E-state index is 0.0198. The van der Waals surface area contributed by atoms with Crippen LogP contribution in [0.4, 0.5) is 56.9 Å². The van der Waals surface area contributed by atoms with E-state index in [1.807, 2.05) is 0 Å². The summed E-state index contributed by atoms with van der Waals surface area (Å²) in [6.07, 6.45) is 0. The molecule has 0 aliphatic heterocycles. The van der Waals surface area contributed by atoms with Crippen molar-refractivity contribution in [3.05, 3.63) is 120 Å². The second kappa shape index (κ2) is 21.5. The number of amides is 1. The van der Waals surface area contributed by atoms with E-state index >= 15 is 0 Å². The van der Waals surface area contributed by atoms with E-state index in [4.69, 9.17) is 24.7 Å². The molecule has 0 fully saturated rings. The van der Waals surface area contributed by atoms with Gasteiger partial charge in [-0.15, -0.1) is 30.7 Å². The molecule has 1 amide bonds. The Morgan fingerprint density at radius 1 is 0.514 bits per heavy atom. The minimum atomic E-state index is -5.02. The van der Waals surface area contributed by atoms with E-state index in [0.717, 1.165) is 18.2 Å². The molecule has 0 aliphatic carbocycles. The summed E-state index contributed by atoms with van der Waals surface area (Å²) in [4.78, 5) is 10.4. The molecule has 0 saturated carbocycles. The second-order valence-corrected chi connectivity index (χ2v) is 19.5. The Hall–Kier alpha value is -8.80. The lowest BCUT2D eigenvalue weighted by Crippen LogP contribution is -2.11. The molecule has 74 heavy (non-hydrogen) atoms. The number of phenolic OH excluding ortho intramolecular Hbond substituents is 1. The molecule has 28 heteroatoms. The van der Waals surface area contributed by atoms with Crippen LogP contribution in [0.5, 0.6) is 28.7 Å². The van der Waals surface area contributed by atoms with Gasteiger partial charge in [0, 0.05) is 46.6 Å². The monoisotopic (exact) mass is 1070 g/mol. The van der Waals surface area contributed by atoms with Gasteiger partial charge in [-0.25, -0.2) is 0 Å². The molecule has 0 aliphatic rings. The van der Waals surface area contributed by atoms with Crippen molar-refractivity contribution in [1.29, 1.82) is 0 Å². The molecule has 0 radical (unpaired) electrons. The lowest BCUT2D eigenvalue weighted by atomic mass is 10.1. The zero-order chi connectivity index (χ0) is 53.7. The van der Waals surface area contributed by atoms with E-state index in [9.17, 15) is 48.8 Å². The first kappa shape index (κ1) is 53.0. The van der Waals surface area contributed by atoms with Gasteiger partial charge in [-0.3, -0.25) is 18.5 Å². The molecular formula is C46H40N10O15S3. The molecule has 7 rings (SSSR count). The maximum Gasteiger partial charge on any atom is 0.296 e. The van der Waals surface area contributed by atoms with Crippen molar-refractivity contribution in [3.8, 4) is 28.7 Å². The Bertz CT molecular complexity index is 3850. The van der Waals surface area contributed by atoms with Crippen molar-refractivity contribution in [2.75, 3.05) is 39.5 Å². The van der Waals surface area contributed by atoms with E-state index in [1.165, 1.54) is 95.2 Å². The molecule has 7 aromatic rings. The molecular weight excluding hydrogens is 1030 g/mol. The predicted octanol–water partition coefficient (Wildman–Crippen LogP) is 11.1. The van der Waals surface area contributed by atoms with Crippen LogP contribution in [0, 0.1) is 6.92 Å². The van der Waals surface area contributed by atoms with Gasteiger partial charge in [-0.1, -0.05) is 0 Å². The van der Waals surface area contributed by atoms with Gasteiger partial charge in [0.2, 0.25) is 0 Å². The highest BCUT2D eigenvalue weighted by Gasteiger charge is 2.24. The number of nitrogen functional groups attached to an aromatic ring is 1.